The molecule has 0 saturated heterocycles. The number of methoxy groups -OCH3 is 1. The first-order valence-corrected chi connectivity index (χ1v) is 12.1. The van der Waals surface area contributed by atoms with E-state index in [2.05, 4.69) is 31.0 Å². The Hall–Kier alpha value is -2.97. The average molecular weight is 486 g/mol. The van der Waals surface area contributed by atoms with E-state index in [0.717, 1.165) is 19.5 Å². The number of amides is 2. The van der Waals surface area contributed by atoms with Crippen molar-refractivity contribution in [1.29, 1.82) is 0 Å². The lowest BCUT2D eigenvalue weighted by Crippen LogP contribution is -2.46. The number of nitrogens with zero attached hydrogens (tertiary/aromatic N) is 2. The van der Waals surface area contributed by atoms with Gasteiger partial charge in [-0.1, -0.05) is 13.8 Å². The number of nitrogens with one attached hydrogen (secondary N) is 1. The van der Waals surface area contributed by atoms with E-state index in [1.807, 2.05) is 0 Å². The second-order valence-corrected chi connectivity index (χ2v) is 9.26. The van der Waals surface area contributed by atoms with E-state index in [9.17, 15) is 14.0 Å². The normalized spacial score (nSPS) is 21.9. The van der Waals surface area contributed by atoms with Crippen LogP contribution >= 0.6 is 0 Å². The van der Waals surface area contributed by atoms with Crippen LogP contribution in [-0.4, -0.2) is 74.2 Å². The fourth-order valence-electron chi connectivity index (χ4n) is 4.33. The molecule has 1 aliphatic heterocycles. The fraction of sp³-hybridized carbons (Fsp3) is 0.481. The van der Waals surface area contributed by atoms with Crippen LogP contribution in [0.2, 0.25) is 0 Å². The third-order valence-corrected chi connectivity index (χ3v) is 6.45. The van der Waals surface area contributed by atoms with Crippen LogP contribution in [0.1, 0.15) is 47.9 Å². The van der Waals surface area contributed by atoms with Gasteiger partial charge in [-0.15, -0.1) is 0 Å². The number of halogens is 1. The first-order chi connectivity index (χ1) is 16.7. The minimum Gasteiger partial charge on any atom is -0.491 e. The van der Waals surface area contributed by atoms with Crippen molar-refractivity contribution in [3.63, 3.8) is 0 Å². The first kappa shape index (κ1) is 26.6. The first-order valence-electron chi connectivity index (χ1n) is 12.1. The summed E-state index contributed by atoms with van der Waals surface area (Å²) in [6.07, 6.45) is 0.914. The van der Waals surface area contributed by atoms with Gasteiger partial charge >= 0.3 is 0 Å². The number of benzene rings is 2. The lowest BCUT2D eigenvalue weighted by atomic mass is 10.0. The zero-order valence-corrected chi connectivity index (χ0v) is 21.2. The quantitative estimate of drug-likeness (QED) is 0.684. The number of ether oxygens (including phenoxy) is 2. The van der Waals surface area contributed by atoms with Crippen molar-refractivity contribution in [3.05, 3.63) is 59.4 Å². The van der Waals surface area contributed by atoms with Crippen molar-refractivity contribution in [2.45, 2.75) is 39.3 Å². The number of likely N-dealkylation sites (N-methyl/N-ethyl adjacent to an activating group) is 1. The smallest absolute Gasteiger partial charge is 0.257 e. The maximum atomic E-state index is 13.3. The Bertz CT molecular complexity index is 1010. The molecule has 7 nitrogen and oxygen atoms in total. The van der Waals surface area contributed by atoms with Gasteiger partial charge in [0.25, 0.3) is 11.8 Å². The molecule has 2 aromatic rings. The Labute approximate surface area is 207 Å². The molecule has 190 valence electrons. The molecule has 1 aliphatic rings. The summed E-state index contributed by atoms with van der Waals surface area (Å²) in [4.78, 5) is 30.0. The number of fused-ring (bicyclic) bond motifs is 1. The molecule has 2 amide bonds. The lowest BCUT2D eigenvalue weighted by molar-refractivity contribution is 0.0108. The molecule has 2 aromatic carbocycles. The number of carbonyl (C=O) groups excluding carboxylic acids is 2. The van der Waals surface area contributed by atoms with Crippen LogP contribution in [0.4, 0.5) is 10.1 Å². The predicted molar refractivity (Wildman–Crippen MR) is 135 cm³/mol. The summed E-state index contributed by atoms with van der Waals surface area (Å²) in [6, 6.07) is 10.4. The van der Waals surface area contributed by atoms with Crippen molar-refractivity contribution < 1.29 is 23.5 Å². The lowest BCUT2D eigenvalue weighted by Gasteiger charge is -2.35. The Morgan fingerprint density at radius 3 is 2.54 bits per heavy atom. The van der Waals surface area contributed by atoms with Gasteiger partial charge in [-0.2, -0.15) is 0 Å². The van der Waals surface area contributed by atoms with E-state index < -0.39 is 5.82 Å². The summed E-state index contributed by atoms with van der Waals surface area (Å²) in [7, 11) is 3.44. The summed E-state index contributed by atoms with van der Waals surface area (Å²) in [6.45, 7) is 9.03. The molecule has 1 heterocycles. The van der Waals surface area contributed by atoms with E-state index >= 15 is 0 Å². The van der Waals surface area contributed by atoms with E-state index in [1.165, 1.54) is 24.3 Å². The van der Waals surface area contributed by atoms with Crippen molar-refractivity contribution in [2.24, 2.45) is 5.92 Å². The van der Waals surface area contributed by atoms with Gasteiger partial charge in [-0.05, 0) is 62.2 Å². The van der Waals surface area contributed by atoms with Crippen LogP contribution < -0.4 is 10.1 Å². The van der Waals surface area contributed by atoms with E-state index in [0.29, 0.717) is 35.7 Å². The standard InChI is InChI=1S/C27H36FN3O4/c1-6-13-31-15-18(2)25(34-5)16-30(4)27(33)23-12-11-22(14-24(23)35-17-19(31)3)29-26(32)20-7-9-21(28)10-8-20/h7-12,14,18-19,25H,6,13,15-17H2,1-5H3,(H,29,32)/t18-,19-,25+/m1/s1. The van der Waals surface area contributed by atoms with Crippen LogP contribution in [0.25, 0.3) is 0 Å². The van der Waals surface area contributed by atoms with Crippen LogP contribution in [0.5, 0.6) is 5.75 Å². The summed E-state index contributed by atoms with van der Waals surface area (Å²) < 4.78 is 25.1. The fourth-order valence-corrected chi connectivity index (χ4v) is 4.33. The molecular weight excluding hydrogens is 449 g/mol. The van der Waals surface area contributed by atoms with Gasteiger partial charge in [-0.3, -0.25) is 14.5 Å². The number of anilines is 1. The van der Waals surface area contributed by atoms with Crippen molar-refractivity contribution in [2.75, 3.05) is 45.7 Å². The highest BCUT2D eigenvalue weighted by Crippen LogP contribution is 2.27. The van der Waals surface area contributed by atoms with Gasteiger partial charge in [0.1, 0.15) is 18.2 Å². The van der Waals surface area contributed by atoms with Crippen molar-refractivity contribution >= 4 is 17.5 Å². The molecule has 0 spiro atoms. The second kappa shape index (κ2) is 12.1. The SMILES string of the molecule is CCCN1C[C@@H](C)[C@@H](OC)CN(C)C(=O)c2ccc(NC(=O)c3ccc(F)cc3)cc2OC[C@H]1C. The monoisotopic (exact) mass is 485 g/mol. The number of rotatable bonds is 5. The van der Waals surface area contributed by atoms with Gasteiger partial charge in [0.05, 0.1) is 11.7 Å². The molecular formula is C27H36FN3O4. The summed E-state index contributed by atoms with van der Waals surface area (Å²) in [5.74, 6) is -0.323. The highest BCUT2D eigenvalue weighted by atomic mass is 19.1. The van der Waals surface area contributed by atoms with Crippen molar-refractivity contribution in [3.8, 4) is 5.75 Å². The average Bonchev–Trinajstić information content (AvgIpc) is 2.84. The van der Waals surface area contributed by atoms with E-state index in [4.69, 9.17) is 9.47 Å². The highest BCUT2D eigenvalue weighted by Gasteiger charge is 2.28. The predicted octanol–water partition coefficient (Wildman–Crippen LogP) is 4.29. The Kier molecular flexibility index (Phi) is 9.23. The third-order valence-electron chi connectivity index (χ3n) is 6.45. The second-order valence-electron chi connectivity index (χ2n) is 9.26. The van der Waals surface area contributed by atoms with Crippen LogP contribution in [-0.2, 0) is 4.74 Å². The maximum Gasteiger partial charge on any atom is 0.257 e. The molecule has 0 saturated carbocycles. The third kappa shape index (κ3) is 6.80. The molecule has 0 radical (unpaired) electrons. The molecule has 0 fully saturated rings. The van der Waals surface area contributed by atoms with Gasteiger partial charge in [0.2, 0.25) is 0 Å². The van der Waals surface area contributed by atoms with Crippen LogP contribution in [0, 0.1) is 11.7 Å². The van der Waals surface area contributed by atoms with E-state index in [1.54, 1.807) is 37.3 Å². The van der Waals surface area contributed by atoms with Gasteiger partial charge < -0.3 is 19.7 Å². The molecule has 0 bridgehead atoms. The molecule has 35 heavy (non-hydrogen) atoms. The zero-order valence-electron chi connectivity index (χ0n) is 21.2. The van der Waals surface area contributed by atoms with Crippen molar-refractivity contribution in [1.82, 2.24) is 9.80 Å². The minimum absolute atomic E-state index is 0.103. The molecule has 0 aliphatic carbocycles. The number of carbonyl (C=O) groups is 2. The number of hydrogen-bond acceptors (Lipinski definition) is 5. The minimum atomic E-state index is -0.409. The Balaban J connectivity index is 1.90. The summed E-state index contributed by atoms with van der Waals surface area (Å²) >= 11 is 0. The van der Waals surface area contributed by atoms with Gasteiger partial charge in [0, 0.05) is 50.6 Å². The van der Waals surface area contributed by atoms with Crippen LogP contribution in [0.15, 0.2) is 42.5 Å². The Morgan fingerprint density at radius 2 is 1.89 bits per heavy atom. The van der Waals surface area contributed by atoms with Crippen LogP contribution in [0.3, 0.4) is 0 Å². The molecule has 3 rings (SSSR count). The number of hydrogen-bond donors (Lipinski definition) is 1. The molecule has 8 heteroatoms. The zero-order chi connectivity index (χ0) is 25.5. The Morgan fingerprint density at radius 1 is 1.17 bits per heavy atom. The largest absolute Gasteiger partial charge is 0.491 e. The topological polar surface area (TPSA) is 71.1 Å². The van der Waals surface area contributed by atoms with Gasteiger partial charge in [0.15, 0.2) is 0 Å². The molecule has 0 aromatic heterocycles. The van der Waals surface area contributed by atoms with E-state index in [-0.39, 0.29) is 29.9 Å². The molecule has 3 atom stereocenters. The van der Waals surface area contributed by atoms with Gasteiger partial charge in [-0.25, -0.2) is 4.39 Å². The maximum absolute atomic E-state index is 13.3. The molecule has 0 unspecified atom stereocenters. The summed E-state index contributed by atoms with van der Waals surface area (Å²) in [5.41, 5.74) is 1.24. The summed E-state index contributed by atoms with van der Waals surface area (Å²) in [5, 5.41) is 2.81. The highest BCUT2D eigenvalue weighted by molar-refractivity contribution is 6.05. The molecule has 1 N–H and O–H groups in total.